The van der Waals surface area contributed by atoms with E-state index in [2.05, 4.69) is 11.0 Å². The van der Waals surface area contributed by atoms with Crippen molar-refractivity contribution in [1.29, 1.82) is 0 Å². The number of para-hydroxylation sites is 1. The number of anilines is 1. The molecule has 0 aromatic heterocycles. The topological polar surface area (TPSA) is 62.3 Å². The third-order valence-corrected chi connectivity index (χ3v) is 6.42. The summed E-state index contributed by atoms with van der Waals surface area (Å²) in [6.07, 6.45) is 0.852. The molecule has 0 radical (unpaired) electrons. The molecule has 1 saturated heterocycles. The Morgan fingerprint density at radius 3 is 2.41 bits per heavy atom. The lowest BCUT2D eigenvalue weighted by molar-refractivity contribution is -0.137. The first-order chi connectivity index (χ1) is 15.7. The van der Waals surface area contributed by atoms with Crippen LogP contribution in [0.15, 0.2) is 54.2 Å². The Bertz CT molecular complexity index is 1060. The number of methoxy groups -OCH3 is 1. The SMILES string of the molecule is COc1ccc(C2=C(N3CCc4ccccc43)C(=O)N(CCN3CCOCC3)C2=O)cc1. The smallest absolute Gasteiger partial charge is 0.278 e. The predicted octanol–water partition coefficient (Wildman–Crippen LogP) is 2.17. The van der Waals surface area contributed by atoms with E-state index in [1.807, 2.05) is 47.4 Å². The van der Waals surface area contributed by atoms with Crippen LogP contribution in [0.5, 0.6) is 5.75 Å². The Hall–Kier alpha value is -3.16. The number of hydrogen-bond acceptors (Lipinski definition) is 6. The number of fused-ring (bicyclic) bond motifs is 1. The Morgan fingerprint density at radius 1 is 0.906 bits per heavy atom. The van der Waals surface area contributed by atoms with E-state index in [1.54, 1.807) is 7.11 Å². The lowest BCUT2D eigenvalue weighted by Gasteiger charge is -2.28. The first-order valence-electron chi connectivity index (χ1n) is 11.1. The molecule has 0 bridgehead atoms. The van der Waals surface area contributed by atoms with Crippen LogP contribution in [0.2, 0.25) is 0 Å². The number of rotatable bonds is 6. The van der Waals surface area contributed by atoms with Crippen molar-refractivity contribution in [2.75, 3.05) is 57.9 Å². The molecule has 3 heterocycles. The van der Waals surface area contributed by atoms with Crippen LogP contribution in [0.25, 0.3) is 5.57 Å². The van der Waals surface area contributed by atoms with Gasteiger partial charge in [0.1, 0.15) is 11.4 Å². The van der Waals surface area contributed by atoms with Gasteiger partial charge in [0.2, 0.25) is 0 Å². The number of benzene rings is 2. The van der Waals surface area contributed by atoms with Gasteiger partial charge in [-0.2, -0.15) is 0 Å². The number of nitrogens with zero attached hydrogens (tertiary/aromatic N) is 3. The molecule has 7 nitrogen and oxygen atoms in total. The number of imide groups is 1. The molecule has 0 unspecified atom stereocenters. The van der Waals surface area contributed by atoms with E-state index in [9.17, 15) is 9.59 Å². The second kappa shape index (κ2) is 8.76. The molecular formula is C25H27N3O4. The Labute approximate surface area is 187 Å². The Morgan fingerprint density at radius 2 is 1.66 bits per heavy atom. The normalized spacial score (nSPS) is 19.2. The summed E-state index contributed by atoms with van der Waals surface area (Å²) in [5.41, 5.74) is 3.88. The van der Waals surface area contributed by atoms with E-state index in [4.69, 9.17) is 9.47 Å². The maximum atomic E-state index is 13.6. The van der Waals surface area contributed by atoms with Crippen molar-refractivity contribution < 1.29 is 19.1 Å². The van der Waals surface area contributed by atoms with Crippen LogP contribution in [0.3, 0.4) is 0 Å². The second-order valence-corrected chi connectivity index (χ2v) is 8.20. The summed E-state index contributed by atoms with van der Waals surface area (Å²) >= 11 is 0. The van der Waals surface area contributed by atoms with E-state index in [1.165, 1.54) is 10.5 Å². The minimum atomic E-state index is -0.229. The van der Waals surface area contributed by atoms with Crippen molar-refractivity contribution in [3.8, 4) is 5.75 Å². The van der Waals surface area contributed by atoms with E-state index < -0.39 is 0 Å². The van der Waals surface area contributed by atoms with Crippen molar-refractivity contribution in [2.24, 2.45) is 0 Å². The highest BCUT2D eigenvalue weighted by Crippen LogP contribution is 2.38. The molecule has 2 aromatic carbocycles. The third kappa shape index (κ3) is 3.67. The van der Waals surface area contributed by atoms with Gasteiger partial charge in [-0.05, 0) is 35.7 Å². The molecule has 0 spiro atoms. The van der Waals surface area contributed by atoms with Crippen molar-refractivity contribution in [2.45, 2.75) is 6.42 Å². The second-order valence-electron chi connectivity index (χ2n) is 8.20. The molecule has 32 heavy (non-hydrogen) atoms. The van der Waals surface area contributed by atoms with Gasteiger partial charge in [-0.1, -0.05) is 30.3 Å². The van der Waals surface area contributed by atoms with Crippen LogP contribution >= 0.6 is 0 Å². The van der Waals surface area contributed by atoms with Crippen LogP contribution in [-0.2, 0) is 20.7 Å². The molecule has 0 aliphatic carbocycles. The molecule has 1 fully saturated rings. The highest BCUT2D eigenvalue weighted by molar-refractivity contribution is 6.36. The zero-order valence-corrected chi connectivity index (χ0v) is 18.3. The molecular weight excluding hydrogens is 406 g/mol. The van der Waals surface area contributed by atoms with Crippen molar-refractivity contribution in [1.82, 2.24) is 9.80 Å². The van der Waals surface area contributed by atoms with Gasteiger partial charge >= 0.3 is 0 Å². The lowest BCUT2D eigenvalue weighted by atomic mass is 10.0. The molecule has 2 aromatic rings. The molecule has 3 aliphatic heterocycles. The zero-order chi connectivity index (χ0) is 22.1. The van der Waals surface area contributed by atoms with E-state index in [-0.39, 0.29) is 11.8 Å². The molecule has 3 aliphatic rings. The fourth-order valence-corrected chi connectivity index (χ4v) is 4.67. The van der Waals surface area contributed by atoms with Crippen LogP contribution in [0, 0.1) is 0 Å². The standard InChI is InChI=1S/C25H27N3O4/c1-31-20-8-6-19(7-9-20)22-23(27-11-10-18-4-2-3-5-21(18)27)25(30)28(24(22)29)13-12-26-14-16-32-17-15-26/h2-9H,10-17H2,1H3. The lowest BCUT2D eigenvalue weighted by Crippen LogP contribution is -2.44. The van der Waals surface area contributed by atoms with Crippen LogP contribution < -0.4 is 9.64 Å². The summed E-state index contributed by atoms with van der Waals surface area (Å²) in [5, 5.41) is 0. The summed E-state index contributed by atoms with van der Waals surface area (Å²) in [7, 11) is 1.61. The van der Waals surface area contributed by atoms with E-state index >= 15 is 0 Å². The number of ether oxygens (including phenoxy) is 2. The van der Waals surface area contributed by atoms with Crippen molar-refractivity contribution in [3.05, 3.63) is 65.4 Å². The number of hydrogen-bond donors (Lipinski definition) is 0. The van der Waals surface area contributed by atoms with E-state index in [0.717, 1.165) is 30.8 Å². The number of morpholine rings is 1. The van der Waals surface area contributed by atoms with Gasteiger partial charge in [0, 0.05) is 38.4 Å². The highest BCUT2D eigenvalue weighted by atomic mass is 16.5. The zero-order valence-electron chi connectivity index (χ0n) is 18.3. The first kappa shape index (κ1) is 20.7. The van der Waals surface area contributed by atoms with Crippen molar-refractivity contribution in [3.63, 3.8) is 0 Å². The Balaban J connectivity index is 1.50. The molecule has 166 valence electrons. The van der Waals surface area contributed by atoms with Gasteiger partial charge in [-0.15, -0.1) is 0 Å². The molecule has 0 N–H and O–H groups in total. The average Bonchev–Trinajstić information content (AvgIpc) is 3.36. The highest BCUT2D eigenvalue weighted by Gasteiger charge is 2.43. The maximum absolute atomic E-state index is 13.6. The molecule has 2 amide bonds. The maximum Gasteiger partial charge on any atom is 0.278 e. The summed E-state index contributed by atoms with van der Waals surface area (Å²) in [5.74, 6) is 0.266. The summed E-state index contributed by atoms with van der Waals surface area (Å²) in [6, 6.07) is 15.5. The van der Waals surface area contributed by atoms with Crippen LogP contribution in [-0.4, -0.2) is 74.7 Å². The van der Waals surface area contributed by atoms with Gasteiger partial charge in [-0.3, -0.25) is 19.4 Å². The van der Waals surface area contributed by atoms with Crippen LogP contribution in [0.1, 0.15) is 11.1 Å². The van der Waals surface area contributed by atoms with Gasteiger partial charge in [0.25, 0.3) is 11.8 Å². The van der Waals surface area contributed by atoms with E-state index in [0.29, 0.717) is 49.9 Å². The number of amides is 2. The minimum Gasteiger partial charge on any atom is -0.497 e. The summed E-state index contributed by atoms with van der Waals surface area (Å²) < 4.78 is 10.7. The van der Waals surface area contributed by atoms with Gasteiger partial charge in [0.15, 0.2) is 0 Å². The minimum absolute atomic E-state index is 0.217. The van der Waals surface area contributed by atoms with Gasteiger partial charge in [-0.25, -0.2) is 0 Å². The van der Waals surface area contributed by atoms with Gasteiger partial charge in [0.05, 0.1) is 25.9 Å². The Kier molecular flexibility index (Phi) is 5.68. The predicted molar refractivity (Wildman–Crippen MR) is 121 cm³/mol. The monoisotopic (exact) mass is 433 g/mol. The largest absolute Gasteiger partial charge is 0.497 e. The number of carbonyl (C=O) groups excluding carboxylic acids is 2. The quantitative estimate of drug-likeness (QED) is 0.651. The third-order valence-electron chi connectivity index (χ3n) is 6.42. The van der Waals surface area contributed by atoms with Crippen molar-refractivity contribution >= 4 is 23.1 Å². The molecule has 7 heteroatoms. The fourth-order valence-electron chi connectivity index (χ4n) is 4.67. The summed E-state index contributed by atoms with van der Waals surface area (Å²) in [4.78, 5) is 32.9. The molecule has 0 saturated carbocycles. The van der Waals surface area contributed by atoms with Gasteiger partial charge < -0.3 is 14.4 Å². The number of carbonyl (C=O) groups is 2. The van der Waals surface area contributed by atoms with Crippen LogP contribution in [0.4, 0.5) is 5.69 Å². The summed E-state index contributed by atoms with van der Waals surface area (Å²) in [6.45, 7) is 4.73. The fraction of sp³-hybridized carbons (Fsp3) is 0.360. The first-order valence-corrected chi connectivity index (χ1v) is 11.1. The molecule has 5 rings (SSSR count). The average molecular weight is 434 g/mol. The molecule has 0 atom stereocenters.